The van der Waals surface area contributed by atoms with Crippen LogP contribution in [0.25, 0.3) is 0 Å². The van der Waals surface area contributed by atoms with Crippen LogP contribution in [0.4, 0.5) is 25.2 Å². The third-order valence-electron chi connectivity index (χ3n) is 0. The van der Waals surface area contributed by atoms with Crippen LogP contribution in [0, 0.1) is 13.3 Å². The van der Waals surface area contributed by atoms with Gasteiger partial charge in [0.25, 0.3) is 0 Å². The van der Waals surface area contributed by atoms with Crippen molar-refractivity contribution in [1.82, 2.24) is 0 Å². The molecule has 11 heteroatoms. The van der Waals surface area contributed by atoms with Crippen LogP contribution in [-0.4, -0.2) is 0 Å². The molecule has 1 radical (unpaired) electrons. The van der Waals surface area contributed by atoms with Crippen LogP contribution in [0.15, 0.2) is 0 Å². The van der Waals surface area contributed by atoms with Crippen molar-refractivity contribution >= 4 is 17.7 Å². The first-order valence-electron chi connectivity index (χ1n) is 1.54. The van der Waals surface area contributed by atoms with Gasteiger partial charge < -0.3 is 0 Å². The summed E-state index contributed by atoms with van der Waals surface area (Å²) < 4.78 is 73.6. The quantitative estimate of drug-likeness (QED) is 0.283. The van der Waals surface area contributed by atoms with Gasteiger partial charge in [-0.3, -0.25) is 0 Å². The zero-order chi connectivity index (χ0) is 11.2. The Morgan fingerprint density at radius 3 is 0.615 bits per heavy atom. The van der Waals surface area contributed by atoms with Crippen molar-refractivity contribution < 1.29 is 51.3 Å². The molecule has 0 unspecified atom stereocenters. The van der Waals surface area contributed by atoms with E-state index in [0.717, 1.165) is 0 Å². The summed E-state index contributed by atoms with van der Waals surface area (Å²) >= 11 is 0. The predicted octanol–water partition coefficient (Wildman–Crippen LogP) is 3.63. The van der Waals surface area contributed by atoms with Crippen molar-refractivity contribution in [2.45, 2.75) is 0 Å². The molecule has 0 fully saturated rings. The van der Waals surface area contributed by atoms with Gasteiger partial charge in [0.2, 0.25) is 0 Å². The van der Waals surface area contributed by atoms with Crippen molar-refractivity contribution in [3.05, 3.63) is 13.3 Å². The Labute approximate surface area is 82.9 Å². The Kier molecular flexibility index (Phi) is 88.2. The predicted molar refractivity (Wildman–Crippen MR) is 31.1 cm³/mol. The molecule has 13 heavy (non-hydrogen) atoms. The molecule has 0 amide bonds. The van der Waals surface area contributed by atoms with Crippen molar-refractivity contribution in [3.63, 3.8) is 0 Å². The topological polar surface area (TPSA) is 39.8 Å². The zero-order valence-corrected chi connectivity index (χ0v) is 8.46. The van der Waals surface area contributed by atoms with Gasteiger partial charge >= 0.3 is 40.3 Å². The molecule has 81 valence electrons. The van der Waals surface area contributed by atoms with E-state index >= 15 is 0 Å². The van der Waals surface area contributed by atoms with Crippen LogP contribution in [0.1, 0.15) is 0 Å². The number of halogens is 6. The Morgan fingerprint density at radius 2 is 0.615 bits per heavy atom. The maximum absolute atomic E-state index is 9.77. The Morgan fingerprint density at radius 1 is 0.615 bits per heavy atom. The van der Waals surface area contributed by atoms with Gasteiger partial charge in [-0.2, -0.15) is 0 Å². The number of hydrogen-bond acceptors (Lipinski definition) is 0. The van der Waals surface area contributed by atoms with Gasteiger partial charge in [-0.05, 0) is 0 Å². The summed E-state index contributed by atoms with van der Waals surface area (Å²) in [6, 6.07) is 0. The first-order valence-corrected chi connectivity index (χ1v) is 3.81. The molecule has 0 aromatic rings. The number of rotatable bonds is 0. The second-order valence-corrected chi connectivity index (χ2v) is 1.29. The number of hydrogen-bond donors (Lipinski definition) is 0. The third-order valence-corrected chi connectivity index (χ3v) is 0. The summed E-state index contributed by atoms with van der Waals surface area (Å²) in [4.78, 5) is 0. The minimum atomic E-state index is -4.38. The minimum absolute atomic E-state index is 0. The molecule has 0 N–H and O–H groups in total. The molecule has 0 saturated heterocycles. The molecule has 0 aromatic carbocycles. The Balaban J connectivity index is -0.0000000226. The van der Waals surface area contributed by atoms with E-state index in [2.05, 4.69) is 13.3 Å². The average molecular weight is 293 g/mol. The first kappa shape index (κ1) is 29.2. The third kappa shape index (κ3) is 7430. The molecule has 0 aliphatic heterocycles. The van der Waals surface area contributed by atoms with Crippen LogP contribution in [0.5, 0.6) is 0 Å². The van der Waals surface area contributed by atoms with Gasteiger partial charge in [0.1, 0.15) is 0 Å². The van der Waals surface area contributed by atoms with E-state index in [-0.39, 0.29) is 16.8 Å². The summed E-state index contributed by atoms with van der Waals surface area (Å²) in [5, 5.41) is 0. The Bertz CT molecular complexity index is 81.6. The summed E-state index contributed by atoms with van der Waals surface area (Å²) in [7, 11) is -8.76. The molecule has 2 nitrogen and oxygen atoms in total. The maximum atomic E-state index is 9.77. The van der Waals surface area contributed by atoms with Gasteiger partial charge in [-0.25, -0.2) is 0 Å². The molecule has 0 bridgehead atoms. The maximum Gasteiger partial charge on any atom is 0 e. The monoisotopic (exact) mass is 293 g/mol. The molecule has 0 spiro atoms. The van der Waals surface area contributed by atoms with E-state index in [1.165, 1.54) is 0 Å². The van der Waals surface area contributed by atoms with Crippen molar-refractivity contribution in [3.8, 4) is 0 Å². The molecule has 0 saturated carbocycles. The van der Waals surface area contributed by atoms with E-state index in [1.54, 1.807) is 0 Å². The average Bonchev–Trinajstić information content (AvgIpc) is 1.93. The minimum Gasteiger partial charge on any atom is 0 e. The second kappa shape index (κ2) is 39.3. The molecular formula is C2H2CoF6O2P2+2. The van der Waals surface area contributed by atoms with E-state index in [0.29, 0.717) is 0 Å². The van der Waals surface area contributed by atoms with Crippen molar-refractivity contribution in [2.24, 2.45) is 0 Å². The summed E-state index contributed by atoms with van der Waals surface area (Å²) in [6.07, 6.45) is 0. The zero-order valence-electron chi connectivity index (χ0n) is 5.42. The molecule has 0 atom stereocenters. The van der Waals surface area contributed by atoms with Crippen LogP contribution in [0.3, 0.4) is 0 Å². The Hall–Kier alpha value is 0.426. The summed E-state index contributed by atoms with van der Waals surface area (Å²) in [5.74, 6) is 0. The SMILES string of the molecule is F[PH+](F)F.F[PH+](F)F.[C-]#[O+].[C-]#[O+].[Co]. The first-order chi connectivity index (χ1) is 5.46. The van der Waals surface area contributed by atoms with E-state index < -0.39 is 17.7 Å². The fraction of sp³-hybridized carbons (Fsp3) is 0. The van der Waals surface area contributed by atoms with Gasteiger partial charge in [0.15, 0.2) is 0 Å². The smallest absolute Gasteiger partial charge is 0 e. The van der Waals surface area contributed by atoms with E-state index in [1.807, 2.05) is 0 Å². The second-order valence-electron chi connectivity index (χ2n) is 0.429. The normalized spacial score (nSPS) is 5.85. The van der Waals surface area contributed by atoms with Crippen LogP contribution in [0.2, 0.25) is 0 Å². The molecule has 0 aliphatic carbocycles. The molecule has 0 aromatic heterocycles. The molecule has 0 rings (SSSR count). The van der Waals surface area contributed by atoms with Gasteiger partial charge in [-0.15, -0.1) is 0 Å². The van der Waals surface area contributed by atoms with Crippen LogP contribution >= 0.6 is 17.7 Å². The van der Waals surface area contributed by atoms with E-state index in [4.69, 9.17) is 9.30 Å². The fourth-order valence-corrected chi connectivity index (χ4v) is 0. The molecule has 0 aliphatic rings. The summed E-state index contributed by atoms with van der Waals surface area (Å²) in [6.45, 7) is 9.00. The fourth-order valence-electron chi connectivity index (χ4n) is 0. The van der Waals surface area contributed by atoms with Gasteiger partial charge in [-0.1, -0.05) is 0 Å². The van der Waals surface area contributed by atoms with Crippen molar-refractivity contribution in [1.29, 1.82) is 0 Å². The van der Waals surface area contributed by atoms with Crippen LogP contribution < -0.4 is 0 Å². The standard InChI is InChI=1S/2CO.Co.2F3HP/c2*1-2;;2*1-4(2)3/h;;;2*4H/q;;;2*+1. The van der Waals surface area contributed by atoms with E-state index in [9.17, 15) is 25.2 Å². The van der Waals surface area contributed by atoms with Gasteiger partial charge in [0, 0.05) is 42.0 Å². The van der Waals surface area contributed by atoms with Crippen LogP contribution in [-0.2, 0) is 26.1 Å². The van der Waals surface area contributed by atoms with Gasteiger partial charge in [0.05, 0.1) is 0 Å². The molecular weight excluding hydrogens is 291 g/mol. The van der Waals surface area contributed by atoms with Crippen molar-refractivity contribution in [2.75, 3.05) is 0 Å². The summed E-state index contributed by atoms with van der Waals surface area (Å²) in [5.41, 5.74) is 0. The largest absolute Gasteiger partial charge is 0 e. The molecule has 0 heterocycles.